The van der Waals surface area contributed by atoms with Crippen molar-refractivity contribution in [2.24, 2.45) is 5.41 Å². The van der Waals surface area contributed by atoms with Crippen LogP contribution in [0.4, 0.5) is 10.8 Å². The van der Waals surface area contributed by atoms with Gasteiger partial charge in [0.25, 0.3) is 0 Å². The van der Waals surface area contributed by atoms with Gasteiger partial charge in [-0.25, -0.2) is 0 Å². The van der Waals surface area contributed by atoms with E-state index in [1.807, 2.05) is 6.92 Å². The average molecular weight is 229 g/mol. The third-order valence-corrected chi connectivity index (χ3v) is 3.40. The number of hydrogen-bond donors (Lipinski definition) is 3. The highest BCUT2D eigenvalue weighted by atomic mass is 32.1. The van der Waals surface area contributed by atoms with Gasteiger partial charge in [0.2, 0.25) is 0 Å². The second-order valence-electron chi connectivity index (χ2n) is 4.51. The van der Waals surface area contributed by atoms with Crippen molar-refractivity contribution in [3.05, 3.63) is 5.56 Å². The van der Waals surface area contributed by atoms with E-state index in [1.54, 1.807) is 0 Å². The Hall–Kier alpha value is -0.810. The lowest BCUT2D eigenvalue weighted by Gasteiger charge is -2.24. The largest absolute Gasteiger partial charge is 0.396 e. The van der Waals surface area contributed by atoms with Gasteiger partial charge in [0.15, 0.2) is 0 Å². The maximum Gasteiger partial charge on any atom is 0.142 e. The molecule has 1 aromatic heterocycles. The molecule has 1 aromatic rings. The van der Waals surface area contributed by atoms with Crippen LogP contribution in [-0.4, -0.2) is 22.6 Å². The fourth-order valence-corrected chi connectivity index (χ4v) is 1.93. The molecule has 1 rings (SSSR count). The van der Waals surface area contributed by atoms with Crippen LogP contribution in [-0.2, 0) is 0 Å². The number of aliphatic hydroxyl groups is 1. The topological polar surface area (TPSA) is 71.2 Å². The van der Waals surface area contributed by atoms with E-state index >= 15 is 0 Å². The fourth-order valence-electron chi connectivity index (χ4n) is 1.22. The number of hydrogen-bond acceptors (Lipinski definition) is 5. The summed E-state index contributed by atoms with van der Waals surface area (Å²) in [6.07, 6.45) is 0.785. The number of aliphatic hydroxyl groups excluding tert-OH is 1. The molecule has 0 fully saturated rings. The van der Waals surface area contributed by atoms with E-state index in [-0.39, 0.29) is 12.0 Å². The predicted molar refractivity (Wildman–Crippen MR) is 65.2 cm³/mol. The number of nitrogens with one attached hydrogen (secondary N) is 1. The quantitative estimate of drug-likeness (QED) is 0.720. The zero-order valence-electron chi connectivity index (χ0n) is 9.50. The molecule has 5 heteroatoms. The van der Waals surface area contributed by atoms with Crippen molar-refractivity contribution in [1.82, 2.24) is 4.37 Å². The van der Waals surface area contributed by atoms with E-state index in [4.69, 9.17) is 10.8 Å². The Morgan fingerprint density at radius 1 is 1.53 bits per heavy atom. The minimum atomic E-state index is 0.0833. The van der Waals surface area contributed by atoms with Crippen molar-refractivity contribution in [3.63, 3.8) is 0 Å². The van der Waals surface area contributed by atoms with Gasteiger partial charge < -0.3 is 16.2 Å². The second kappa shape index (κ2) is 4.81. The highest BCUT2D eigenvalue weighted by Crippen LogP contribution is 2.27. The summed E-state index contributed by atoms with van der Waals surface area (Å²) in [7, 11) is 0. The van der Waals surface area contributed by atoms with Crippen molar-refractivity contribution in [3.8, 4) is 0 Å². The summed E-state index contributed by atoms with van der Waals surface area (Å²) < 4.78 is 4.07. The highest BCUT2D eigenvalue weighted by Gasteiger charge is 2.18. The van der Waals surface area contributed by atoms with Crippen LogP contribution >= 0.6 is 11.5 Å². The molecule has 4 N–H and O–H groups in total. The van der Waals surface area contributed by atoms with Crippen LogP contribution in [0.5, 0.6) is 0 Å². The first-order valence-corrected chi connectivity index (χ1v) is 5.80. The van der Waals surface area contributed by atoms with E-state index in [1.165, 1.54) is 11.5 Å². The standard InChI is InChI=1S/C10H19N3OS/c1-7-8(11)13-15-9(7)12-6-10(2,3)4-5-14/h12,14H,4-6H2,1-3H3,(H2,11,13). The summed E-state index contributed by atoms with van der Waals surface area (Å²) in [5.74, 6) is 0.600. The lowest BCUT2D eigenvalue weighted by Crippen LogP contribution is -2.24. The van der Waals surface area contributed by atoms with Gasteiger partial charge in [-0.1, -0.05) is 13.8 Å². The van der Waals surface area contributed by atoms with Gasteiger partial charge in [0.05, 0.1) is 0 Å². The molecule has 15 heavy (non-hydrogen) atoms. The number of nitrogen functional groups attached to an aromatic ring is 1. The molecule has 4 nitrogen and oxygen atoms in total. The molecule has 0 aromatic carbocycles. The van der Waals surface area contributed by atoms with E-state index < -0.39 is 0 Å². The number of anilines is 2. The smallest absolute Gasteiger partial charge is 0.142 e. The Balaban J connectivity index is 2.53. The third-order valence-electron chi connectivity index (χ3n) is 2.48. The van der Waals surface area contributed by atoms with Crippen molar-refractivity contribution < 1.29 is 5.11 Å². The van der Waals surface area contributed by atoms with Crippen LogP contribution in [0.2, 0.25) is 0 Å². The van der Waals surface area contributed by atoms with Gasteiger partial charge in [-0.2, -0.15) is 4.37 Å². The normalized spacial score (nSPS) is 11.7. The number of nitrogens with two attached hydrogens (primary N) is 1. The van der Waals surface area contributed by atoms with Gasteiger partial charge >= 0.3 is 0 Å². The van der Waals surface area contributed by atoms with Crippen LogP contribution in [0.1, 0.15) is 25.8 Å². The second-order valence-corrected chi connectivity index (χ2v) is 5.29. The monoisotopic (exact) mass is 229 g/mol. The molecule has 0 atom stereocenters. The van der Waals surface area contributed by atoms with Crippen molar-refractivity contribution in [1.29, 1.82) is 0 Å². The Morgan fingerprint density at radius 2 is 2.20 bits per heavy atom. The molecule has 0 radical (unpaired) electrons. The molecule has 1 heterocycles. The molecule has 0 spiro atoms. The lowest BCUT2D eigenvalue weighted by molar-refractivity contribution is 0.220. The number of aromatic nitrogens is 1. The zero-order chi connectivity index (χ0) is 11.5. The van der Waals surface area contributed by atoms with E-state index in [0.29, 0.717) is 5.82 Å². The molecule has 0 saturated heterocycles. The zero-order valence-corrected chi connectivity index (χ0v) is 10.3. The molecule has 0 saturated carbocycles. The van der Waals surface area contributed by atoms with Gasteiger partial charge in [0.1, 0.15) is 10.8 Å². The lowest BCUT2D eigenvalue weighted by atomic mass is 9.90. The summed E-state index contributed by atoms with van der Waals surface area (Å²) in [5.41, 5.74) is 6.75. The molecule has 0 unspecified atom stereocenters. The van der Waals surface area contributed by atoms with Crippen LogP contribution in [0.15, 0.2) is 0 Å². The SMILES string of the molecule is Cc1c(N)nsc1NCC(C)(C)CCO. The summed E-state index contributed by atoms with van der Waals surface area (Å²) in [6, 6.07) is 0. The molecule has 0 aliphatic heterocycles. The molecular weight excluding hydrogens is 210 g/mol. The molecule has 0 aliphatic rings. The fraction of sp³-hybridized carbons (Fsp3) is 0.700. The van der Waals surface area contributed by atoms with E-state index in [2.05, 4.69) is 23.5 Å². The van der Waals surface area contributed by atoms with Crippen LogP contribution in [0.3, 0.4) is 0 Å². The first kappa shape index (κ1) is 12.3. The maximum atomic E-state index is 8.90. The first-order valence-electron chi connectivity index (χ1n) is 5.03. The minimum absolute atomic E-state index is 0.0833. The molecule has 0 aliphatic carbocycles. The van der Waals surface area contributed by atoms with Gasteiger partial charge in [-0.15, -0.1) is 0 Å². The maximum absolute atomic E-state index is 8.90. The van der Waals surface area contributed by atoms with Crippen molar-refractivity contribution in [2.45, 2.75) is 27.2 Å². The van der Waals surface area contributed by atoms with Crippen molar-refractivity contribution >= 4 is 22.4 Å². The van der Waals surface area contributed by atoms with E-state index in [0.717, 1.165) is 23.5 Å². The van der Waals surface area contributed by atoms with Crippen LogP contribution < -0.4 is 11.1 Å². The minimum Gasteiger partial charge on any atom is -0.396 e. The molecule has 86 valence electrons. The molecule has 0 amide bonds. The highest BCUT2D eigenvalue weighted by molar-refractivity contribution is 7.10. The average Bonchev–Trinajstić information content (AvgIpc) is 2.45. The van der Waals surface area contributed by atoms with Gasteiger partial charge in [-0.05, 0) is 30.3 Å². The molecule has 0 bridgehead atoms. The Labute approximate surface area is 94.7 Å². The Kier molecular flexibility index (Phi) is 3.93. The molecular formula is C10H19N3OS. The van der Waals surface area contributed by atoms with Crippen LogP contribution in [0.25, 0.3) is 0 Å². The predicted octanol–water partition coefficient (Wildman–Crippen LogP) is 1.85. The Morgan fingerprint density at radius 3 is 2.67 bits per heavy atom. The summed E-state index contributed by atoms with van der Waals surface area (Å²) in [6.45, 7) is 7.24. The van der Waals surface area contributed by atoms with Gasteiger partial charge in [-0.3, -0.25) is 0 Å². The Bertz CT molecular complexity index is 322. The summed E-state index contributed by atoms with van der Waals surface area (Å²) >= 11 is 1.39. The number of rotatable bonds is 5. The summed E-state index contributed by atoms with van der Waals surface area (Å²) in [4.78, 5) is 0. The van der Waals surface area contributed by atoms with Crippen LogP contribution in [0, 0.1) is 12.3 Å². The van der Waals surface area contributed by atoms with Gasteiger partial charge in [0, 0.05) is 18.7 Å². The van der Waals surface area contributed by atoms with E-state index in [9.17, 15) is 0 Å². The third kappa shape index (κ3) is 3.35. The summed E-state index contributed by atoms with van der Waals surface area (Å²) in [5, 5.41) is 13.3. The first-order chi connectivity index (χ1) is 6.96. The number of nitrogens with zero attached hydrogens (tertiary/aromatic N) is 1. The van der Waals surface area contributed by atoms with Crippen molar-refractivity contribution in [2.75, 3.05) is 24.2 Å².